The van der Waals surface area contributed by atoms with Gasteiger partial charge in [0.05, 0.1) is 11.5 Å². The summed E-state index contributed by atoms with van der Waals surface area (Å²) >= 11 is 0. The second kappa shape index (κ2) is 6.45. The van der Waals surface area contributed by atoms with Crippen molar-refractivity contribution in [1.82, 2.24) is 0 Å². The van der Waals surface area contributed by atoms with E-state index in [9.17, 15) is 9.59 Å². The second-order valence-corrected chi connectivity index (χ2v) is 7.48. The number of carbonyl (C=O) groups excluding carboxylic acids is 2. The lowest BCUT2D eigenvalue weighted by atomic mass is 9.82. The highest BCUT2D eigenvalue weighted by molar-refractivity contribution is 5.91. The van der Waals surface area contributed by atoms with E-state index in [0.717, 1.165) is 18.4 Å². The first-order valence-electron chi connectivity index (χ1n) is 8.84. The van der Waals surface area contributed by atoms with Gasteiger partial charge < -0.3 is 14.2 Å². The molecule has 0 radical (unpaired) electrons. The van der Waals surface area contributed by atoms with Crippen LogP contribution in [0.25, 0.3) is 0 Å². The van der Waals surface area contributed by atoms with Gasteiger partial charge in [0, 0.05) is 17.6 Å². The van der Waals surface area contributed by atoms with Crippen LogP contribution in [0.4, 0.5) is 0 Å². The van der Waals surface area contributed by atoms with Gasteiger partial charge in [-0.2, -0.15) is 0 Å². The van der Waals surface area contributed by atoms with Crippen LogP contribution in [0.2, 0.25) is 0 Å². The van der Waals surface area contributed by atoms with Crippen molar-refractivity contribution in [3.63, 3.8) is 0 Å². The number of allylic oxidation sites excluding steroid dienone is 2. The Morgan fingerprint density at radius 2 is 2.20 bits per heavy atom. The molecule has 3 aliphatic rings. The lowest BCUT2D eigenvalue weighted by molar-refractivity contribution is -0.148. The van der Waals surface area contributed by atoms with Gasteiger partial charge in [-0.05, 0) is 40.5 Å². The van der Waals surface area contributed by atoms with Crippen molar-refractivity contribution in [1.29, 1.82) is 0 Å². The molecular formula is C20H26O5. The van der Waals surface area contributed by atoms with Crippen molar-refractivity contribution in [2.24, 2.45) is 5.92 Å². The Bertz CT molecular complexity index is 674. The Labute approximate surface area is 148 Å². The zero-order valence-corrected chi connectivity index (χ0v) is 15.3. The van der Waals surface area contributed by atoms with Gasteiger partial charge in [0.15, 0.2) is 0 Å². The number of carbonyl (C=O) groups is 2. The highest BCUT2D eigenvalue weighted by atomic mass is 16.6. The van der Waals surface area contributed by atoms with Crippen molar-refractivity contribution < 1.29 is 23.8 Å². The quantitative estimate of drug-likeness (QED) is 0.332. The highest BCUT2D eigenvalue weighted by Crippen LogP contribution is 2.50. The molecule has 0 N–H and O–H groups in total. The number of hydrogen-bond donors (Lipinski definition) is 0. The van der Waals surface area contributed by atoms with Crippen LogP contribution in [0, 0.1) is 5.92 Å². The Morgan fingerprint density at radius 1 is 1.48 bits per heavy atom. The van der Waals surface area contributed by atoms with Gasteiger partial charge in [-0.3, -0.25) is 0 Å². The first-order chi connectivity index (χ1) is 11.8. The summed E-state index contributed by atoms with van der Waals surface area (Å²) in [5, 5.41) is 0. The summed E-state index contributed by atoms with van der Waals surface area (Å²) in [5.74, 6) is -1.17. The zero-order valence-electron chi connectivity index (χ0n) is 15.3. The summed E-state index contributed by atoms with van der Waals surface area (Å²) in [6.07, 6.45) is 5.10. The van der Waals surface area contributed by atoms with Crippen LogP contribution in [0.5, 0.6) is 0 Å². The van der Waals surface area contributed by atoms with Gasteiger partial charge >= 0.3 is 11.9 Å². The maximum atomic E-state index is 12.3. The summed E-state index contributed by atoms with van der Waals surface area (Å²) in [6.45, 7) is 11.5. The smallest absolute Gasteiger partial charge is 0.334 e. The highest BCUT2D eigenvalue weighted by Gasteiger charge is 2.63. The fraction of sp³-hybridized carbons (Fsp3) is 0.600. The fourth-order valence-corrected chi connectivity index (χ4v) is 3.76. The number of rotatable bonds is 2. The molecule has 0 amide bonds. The number of esters is 2. The van der Waals surface area contributed by atoms with E-state index in [4.69, 9.17) is 14.2 Å². The monoisotopic (exact) mass is 346 g/mol. The fourth-order valence-electron chi connectivity index (χ4n) is 3.76. The molecule has 5 atom stereocenters. The van der Waals surface area contributed by atoms with Gasteiger partial charge in [0.2, 0.25) is 0 Å². The number of fused-ring (bicyclic) bond motifs is 3. The summed E-state index contributed by atoms with van der Waals surface area (Å²) in [6, 6.07) is 0. The molecule has 0 unspecified atom stereocenters. The maximum absolute atomic E-state index is 12.3. The molecule has 0 spiro atoms. The van der Waals surface area contributed by atoms with Gasteiger partial charge in [0.25, 0.3) is 0 Å². The largest absolute Gasteiger partial charge is 0.458 e. The maximum Gasteiger partial charge on any atom is 0.334 e. The summed E-state index contributed by atoms with van der Waals surface area (Å²) < 4.78 is 17.3. The van der Waals surface area contributed by atoms with Gasteiger partial charge in [-0.25, -0.2) is 9.59 Å². The van der Waals surface area contributed by atoms with E-state index >= 15 is 0 Å². The average Bonchev–Trinajstić information content (AvgIpc) is 3.13. The summed E-state index contributed by atoms with van der Waals surface area (Å²) in [5.41, 5.74) is 1.74. The molecule has 5 heteroatoms. The second-order valence-electron chi connectivity index (χ2n) is 7.48. The lowest BCUT2D eigenvalue weighted by Gasteiger charge is -2.28. The Balaban J connectivity index is 1.94. The minimum atomic E-state index is -0.492. The molecule has 0 aromatic rings. The number of hydrogen-bond acceptors (Lipinski definition) is 5. The molecule has 0 saturated carbocycles. The molecule has 5 nitrogen and oxygen atoms in total. The lowest BCUT2D eigenvalue weighted by Crippen LogP contribution is -2.38. The normalized spacial score (nSPS) is 40.3. The predicted octanol–water partition coefficient (Wildman–Crippen LogP) is 3.25. The van der Waals surface area contributed by atoms with Crippen LogP contribution in [-0.2, 0) is 23.8 Å². The summed E-state index contributed by atoms with van der Waals surface area (Å²) in [4.78, 5) is 24.5. The molecule has 0 aromatic carbocycles. The van der Waals surface area contributed by atoms with Crippen LogP contribution >= 0.6 is 0 Å². The van der Waals surface area contributed by atoms with Gasteiger partial charge in [-0.15, -0.1) is 0 Å². The number of ether oxygens (including phenoxy) is 3. The van der Waals surface area contributed by atoms with Crippen molar-refractivity contribution in [3.05, 3.63) is 35.5 Å². The molecule has 2 fully saturated rings. The van der Waals surface area contributed by atoms with E-state index in [1.165, 1.54) is 0 Å². The standard InChI is InChI=1S/C20H26O5/c1-6-12(3)18(21)23-14-10-11(2)8-7-9-20(5)17(25-20)16-15(14)13(4)19(22)24-16/h6,8,14-17H,4,7,9-10H2,1-3,5H3/b11-8+,12-6-/t14-,15+,16-,17-,20+/m0/s1. The van der Waals surface area contributed by atoms with Crippen LogP contribution in [-0.4, -0.2) is 35.9 Å². The van der Waals surface area contributed by atoms with Crippen LogP contribution < -0.4 is 0 Å². The first-order valence-corrected chi connectivity index (χ1v) is 8.84. The minimum absolute atomic E-state index is 0.170. The zero-order chi connectivity index (χ0) is 18.4. The molecule has 1 aliphatic carbocycles. The third-order valence-corrected chi connectivity index (χ3v) is 5.57. The van der Waals surface area contributed by atoms with Crippen molar-refractivity contribution in [2.75, 3.05) is 0 Å². The molecule has 136 valence electrons. The minimum Gasteiger partial charge on any atom is -0.458 e. The molecular weight excluding hydrogens is 320 g/mol. The SMILES string of the molecule is C=C1C(=O)O[C@H]2[C@H]1[C@@H](OC(=O)/C(C)=C\C)C/C(C)=C/CC[C@@]1(C)O[C@@H]21. The first kappa shape index (κ1) is 17.9. The van der Waals surface area contributed by atoms with Gasteiger partial charge in [-0.1, -0.05) is 24.3 Å². The van der Waals surface area contributed by atoms with Crippen molar-refractivity contribution in [2.45, 2.75) is 70.9 Å². The van der Waals surface area contributed by atoms with E-state index < -0.39 is 18.2 Å². The van der Waals surface area contributed by atoms with Crippen LogP contribution in [0.3, 0.4) is 0 Å². The summed E-state index contributed by atoms with van der Waals surface area (Å²) in [7, 11) is 0. The predicted molar refractivity (Wildman–Crippen MR) is 92.7 cm³/mol. The molecule has 0 aromatic heterocycles. The molecule has 2 aliphatic heterocycles. The molecule has 2 saturated heterocycles. The van der Waals surface area contributed by atoms with E-state index in [0.29, 0.717) is 17.6 Å². The molecule has 3 rings (SSSR count). The Kier molecular flexibility index (Phi) is 4.62. The van der Waals surface area contributed by atoms with Crippen molar-refractivity contribution in [3.8, 4) is 0 Å². The number of epoxide rings is 1. The van der Waals surface area contributed by atoms with E-state index in [-0.39, 0.29) is 23.6 Å². The van der Waals surface area contributed by atoms with Crippen LogP contribution in [0.15, 0.2) is 35.5 Å². The molecule has 25 heavy (non-hydrogen) atoms. The van der Waals surface area contributed by atoms with Crippen LogP contribution in [0.1, 0.15) is 47.0 Å². The van der Waals surface area contributed by atoms with Gasteiger partial charge in [0.1, 0.15) is 18.3 Å². The third-order valence-electron chi connectivity index (χ3n) is 5.57. The Morgan fingerprint density at radius 3 is 2.88 bits per heavy atom. The average molecular weight is 346 g/mol. The van der Waals surface area contributed by atoms with E-state index in [1.807, 2.05) is 13.8 Å². The Hall–Kier alpha value is -1.88. The molecule has 2 heterocycles. The van der Waals surface area contributed by atoms with E-state index in [2.05, 4.69) is 12.7 Å². The topological polar surface area (TPSA) is 65.1 Å². The van der Waals surface area contributed by atoms with Crippen molar-refractivity contribution >= 4 is 11.9 Å². The van der Waals surface area contributed by atoms with E-state index in [1.54, 1.807) is 19.9 Å². The molecule has 0 bridgehead atoms. The third kappa shape index (κ3) is 3.30.